The molecule has 1 fully saturated rings. The maximum atomic E-state index is 4.56. The van der Waals surface area contributed by atoms with E-state index in [1.54, 1.807) is 0 Å². The Morgan fingerprint density at radius 2 is 2.05 bits per heavy atom. The lowest BCUT2D eigenvalue weighted by molar-refractivity contribution is 0.337. The van der Waals surface area contributed by atoms with Gasteiger partial charge in [-0.1, -0.05) is 32.8 Å². The second kappa shape index (κ2) is 7.04. The number of aryl methyl sites for hydroxylation is 1. The van der Waals surface area contributed by atoms with Crippen molar-refractivity contribution >= 4 is 0 Å². The zero-order valence-electron chi connectivity index (χ0n) is 12.7. The summed E-state index contributed by atoms with van der Waals surface area (Å²) in [5, 5.41) is 3.70. The molecule has 0 radical (unpaired) electrons. The third-order valence-electron chi connectivity index (χ3n) is 4.47. The Morgan fingerprint density at radius 3 is 2.79 bits per heavy atom. The van der Waals surface area contributed by atoms with Gasteiger partial charge in [-0.25, -0.2) is 0 Å². The molecule has 0 aliphatic heterocycles. The van der Waals surface area contributed by atoms with Gasteiger partial charge in [0, 0.05) is 18.3 Å². The van der Waals surface area contributed by atoms with Gasteiger partial charge in [-0.15, -0.1) is 0 Å². The number of rotatable bonds is 4. The van der Waals surface area contributed by atoms with E-state index in [0.717, 1.165) is 24.1 Å². The maximum Gasteiger partial charge on any atom is 0.0544 e. The summed E-state index contributed by atoms with van der Waals surface area (Å²) in [6, 6.07) is 6.96. The highest BCUT2D eigenvalue weighted by Crippen LogP contribution is 2.28. The number of aromatic nitrogens is 1. The van der Waals surface area contributed by atoms with Crippen LogP contribution in [0.15, 0.2) is 18.2 Å². The average molecular weight is 260 g/mol. The van der Waals surface area contributed by atoms with Crippen molar-refractivity contribution in [2.24, 2.45) is 11.8 Å². The van der Waals surface area contributed by atoms with Crippen molar-refractivity contribution < 1.29 is 0 Å². The van der Waals surface area contributed by atoms with Gasteiger partial charge in [0.05, 0.1) is 5.69 Å². The summed E-state index contributed by atoms with van der Waals surface area (Å²) in [4.78, 5) is 4.56. The van der Waals surface area contributed by atoms with Crippen molar-refractivity contribution in [2.75, 3.05) is 0 Å². The lowest BCUT2D eigenvalue weighted by Gasteiger charge is -2.19. The Morgan fingerprint density at radius 1 is 1.21 bits per heavy atom. The number of nitrogens with one attached hydrogen (secondary N) is 1. The van der Waals surface area contributed by atoms with Gasteiger partial charge in [0.1, 0.15) is 0 Å². The number of hydrogen-bond acceptors (Lipinski definition) is 2. The molecule has 2 heteroatoms. The summed E-state index contributed by atoms with van der Waals surface area (Å²) >= 11 is 0. The molecule has 1 saturated carbocycles. The molecule has 19 heavy (non-hydrogen) atoms. The summed E-state index contributed by atoms with van der Waals surface area (Å²) in [6.07, 6.45) is 6.83. The first kappa shape index (κ1) is 14.5. The molecular formula is C17H28N2. The van der Waals surface area contributed by atoms with Gasteiger partial charge in [-0.2, -0.15) is 0 Å². The second-order valence-corrected chi connectivity index (χ2v) is 6.36. The molecule has 1 aromatic rings. The third kappa shape index (κ3) is 4.61. The maximum absolute atomic E-state index is 4.56. The lowest BCUT2D eigenvalue weighted by atomic mass is 9.89. The van der Waals surface area contributed by atoms with Crippen molar-refractivity contribution in [1.29, 1.82) is 0 Å². The Hall–Kier alpha value is -0.890. The van der Waals surface area contributed by atoms with Crippen molar-refractivity contribution in [2.45, 2.75) is 65.5 Å². The molecule has 2 nitrogen and oxygen atoms in total. The summed E-state index contributed by atoms with van der Waals surface area (Å²) in [7, 11) is 0. The van der Waals surface area contributed by atoms with Crippen LogP contribution in [-0.4, -0.2) is 11.0 Å². The van der Waals surface area contributed by atoms with Crippen LogP contribution < -0.4 is 5.32 Å². The zero-order valence-corrected chi connectivity index (χ0v) is 12.7. The van der Waals surface area contributed by atoms with Crippen LogP contribution in [0.5, 0.6) is 0 Å². The molecule has 2 unspecified atom stereocenters. The van der Waals surface area contributed by atoms with Crippen LogP contribution in [-0.2, 0) is 6.54 Å². The number of nitrogens with zero attached hydrogens (tertiary/aromatic N) is 1. The fourth-order valence-corrected chi connectivity index (χ4v) is 3.15. The minimum Gasteiger partial charge on any atom is -0.308 e. The predicted molar refractivity (Wildman–Crippen MR) is 81.0 cm³/mol. The van der Waals surface area contributed by atoms with Crippen molar-refractivity contribution in [1.82, 2.24) is 10.3 Å². The number of pyridine rings is 1. The highest BCUT2D eigenvalue weighted by Gasteiger charge is 2.20. The second-order valence-electron chi connectivity index (χ2n) is 6.36. The fraction of sp³-hybridized carbons (Fsp3) is 0.706. The Bertz CT molecular complexity index is 387. The van der Waals surface area contributed by atoms with Gasteiger partial charge in [-0.05, 0) is 50.2 Å². The topological polar surface area (TPSA) is 24.9 Å². The van der Waals surface area contributed by atoms with E-state index in [-0.39, 0.29) is 0 Å². The summed E-state index contributed by atoms with van der Waals surface area (Å²) in [6.45, 7) is 7.71. The Balaban J connectivity index is 1.80. The van der Waals surface area contributed by atoms with E-state index in [4.69, 9.17) is 0 Å². The van der Waals surface area contributed by atoms with E-state index in [1.165, 1.54) is 37.8 Å². The van der Waals surface area contributed by atoms with Gasteiger partial charge >= 0.3 is 0 Å². The molecule has 0 spiro atoms. The Kier molecular flexibility index (Phi) is 5.38. The minimum absolute atomic E-state index is 0.686. The predicted octanol–water partition coefficient (Wildman–Crippen LogP) is 4.08. The Labute approximate surface area is 118 Å². The van der Waals surface area contributed by atoms with Crippen molar-refractivity contribution in [3.8, 4) is 0 Å². The largest absolute Gasteiger partial charge is 0.308 e. The average Bonchev–Trinajstić information content (AvgIpc) is 2.62. The van der Waals surface area contributed by atoms with Gasteiger partial charge in [0.15, 0.2) is 0 Å². The molecule has 0 aromatic carbocycles. The highest BCUT2D eigenvalue weighted by molar-refractivity contribution is 5.09. The molecule has 2 rings (SSSR count). The molecule has 2 atom stereocenters. The summed E-state index contributed by atoms with van der Waals surface area (Å²) < 4.78 is 0. The smallest absolute Gasteiger partial charge is 0.0544 e. The summed E-state index contributed by atoms with van der Waals surface area (Å²) in [5.74, 6) is 1.78. The molecule has 1 N–H and O–H groups in total. The van der Waals surface area contributed by atoms with Crippen LogP contribution >= 0.6 is 0 Å². The van der Waals surface area contributed by atoms with Gasteiger partial charge < -0.3 is 5.32 Å². The molecule has 0 bridgehead atoms. The zero-order chi connectivity index (χ0) is 13.7. The van der Waals surface area contributed by atoms with E-state index in [9.17, 15) is 0 Å². The monoisotopic (exact) mass is 260 g/mol. The quantitative estimate of drug-likeness (QED) is 0.825. The van der Waals surface area contributed by atoms with E-state index >= 15 is 0 Å². The SMILES string of the molecule is Cc1cccc(CNC2CCCC(C(C)C)CC2)n1. The molecule has 1 heterocycles. The van der Waals surface area contributed by atoms with Crippen LogP contribution in [0, 0.1) is 18.8 Å². The van der Waals surface area contributed by atoms with Crippen LogP contribution in [0.1, 0.15) is 57.3 Å². The third-order valence-corrected chi connectivity index (χ3v) is 4.47. The van der Waals surface area contributed by atoms with Crippen LogP contribution in [0.4, 0.5) is 0 Å². The van der Waals surface area contributed by atoms with Crippen molar-refractivity contribution in [3.05, 3.63) is 29.6 Å². The molecule has 1 aliphatic carbocycles. The van der Waals surface area contributed by atoms with Crippen LogP contribution in [0.3, 0.4) is 0 Å². The normalized spacial score (nSPS) is 24.4. The summed E-state index contributed by atoms with van der Waals surface area (Å²) in [5.41, 5.74) is 2.28. The standard InChI is InChI=1S/C17H28N2/c1-13(2)15-7-5-8-16(11-10-15)18-12-17-9-4-6-14(3)19-17/h4,6,9,13,15-16,18H,5,7-8,10-12H2,1-3H3. The molecule has 106 valence electrons. The number of hydrogen-bond donors (Lipinski definition) is 1. The first-order valence-corrected chi connectivity index (χ1v) is 7.81. The van der Waals surface area contributed by atoms with Gasteiger partial charge in [0.25, 0.3) is 0 Å². The van der Waals surface area contributed by atoms with E-state index < -0.39 is 0 Å². The first-order valence-electron chi connectivity index (χ1n) is 7.81. The van der Waals surface area contributed by atoms with E-state index in [1.807, 2.05) is 0 Å². The van der Waals surface area contributed by atoms with Gasteiger partial charge in [0.2, 0.25) is 0 Å². The fourth-order valence-electron chi connectivity index (χ4n) is 3.15. The molecular weight excluding hydrogens is 232 g/mol. The van der Waals surface area contributed by atoms with E-state index in [0.29, 0.717) is 6.04 Å². The lowest BCUT2D eigenvalue weighted by Crippen LogP contribution is -2.28. The molecule has 1 aliphatic rings. The highest BCUT2D eigenvalue weighted by atomic mass is 14.9. The molecule has 1 aromatic heterocycles. The molecule has 0 saturated heterocycles. The van der Waals surface area contributed by atoms with Crippen LogP contribution in [0.25, 0.3) is 0 Å². The molecule has 0 amide bonds. The van der Waals surface area contributed by atoms with Crippen molar-refractivity contribution in [3.63, 3.8) is 0 Å². The van der Waals surface area contributed by atoms with Gasteiger partial charge in [-0.3, -0.25) is 4.98 Å². The van der Waals surface area contributed by atoms with Crippen LogP contribution in [0.2, 0.25) is 0 Å². The first-order chi connectivity index (χ1) is 9.15. The van der Waals surface area contributed by atoms with E-state index in [2.05, 4.69) is 49.3 Å². The minimum atomic E-state index is 0.686.